The van der Waals surface area contributed by atoms with Gasteiger partial charge in [-0.15, -0.1) is 0 Å². The molecular weight excluding hydrogens is 212 g/mol. The second-order valence-corrected chi connectivity index (χ2v) is 4.91. The van der Waals surface area contributed by atoms with E-state index in [4.69, 9.17) is 10.7 Å². The summed E-state index contributed by atoms with van der Waals surface area (Å²) in [7, 11) is 2.08. The molecule has 1 aromatic carbocycles. The van der Waals surface area contributed by atoms with Crippen LogP contribution in [0.4, 0.5) is 0 Å². The molecule has 1 aromatic heterocycles. The summed E-state index contributed by atoms with van der Waals surface area (Å²) >= 11 is 0. The predicted octanol–water partition coefficient (Wildman–Crippen LogP) is 1.28. The van der Waals surface area contributed by atoms with E-state index in [0.29, 0.717) is 12.1 Å². The molecule has 0 amide bonds. The second kappa shape index (κ2) is 3.82. The smallest absolute Gasteiger partial charge is 0.126 e. The van der Waals surface area contributed by atoms with Crippen molar-refractivity contribution in [3.8, 4) is 0 Å². The third-order valence-corrected chi connectivity index (χ3v) is 3.68. The van der Waals surface area contributed by atoms with Crippen LogP contribution in [0.25, 0.3) is 11.0 Å². The molecule has 1 atom stereocenters. The molecule has 4 nitrogen and oxygen atoms in total. The van der Waals surface area contributed by atoms with Gasteiger partial charge in [-0.25, -0.2) is 4.98 Å². The van der Waals surface area contributed by atoms with Gasteiger partial charge in [0.05, 0.1) is 17.1 Å². The minimum atomic E-state index is 0.340. The Morgan fingerprint density at radius 2 is 2.06 bits per heavy atom. The zero-order valence-corrected chi connectivity index (χ0v) is 10.3. The number of aryl methyl sites for hydroxylation is 1. The zero-order valence-electron chi connectivity index (χ0n) is 10.3. The number of imidazole rings is 1. The van der Waals surface area contributed by atoms with Crippen LogP contribution in [0.5, 0.6) is 0 Å². The van der Waals surface area contributed by atoms with Gasteiger partial charge in [0.15, 0.2) is 0 Å². The zero-order chi connectivity index (χ0) is 12.0. The van der Waals surface area contributed by atoms with Gasteiger partial charge in [-0.3, -0.25) is 4.90 Å². The van der Waals surface area contributed by atoms with Crippen LogP contribution in [0.3, 0.4) is 0 Å². The normalized spacial score (nSPS) is 19.5. The average Bonchev–Trinajstić information content (AvgIpc) is 2.63. The number of nitrogens with two attached hydrogens (primary N) is 1. The molecule has 0 radical (unpaired) electrons. The first-order valence-corrected chi connectivity index (χ1v) is 6.08. The summed E-state index contributed by atoms with van der Waals surface area (Å²) in [6, 6.07) is 8.94. The van der Waals surface area contributed by atoms with Crippen molar-refractivity contribution in [2.24, 2.45) is 12.8 Å². The average molecular weight is 230 g/mol. The molecule has 3 rings (SSSR count). The van der Waals surface area contributed by atoms with E-state index in [9.17, 15) is 0 Å². The Bertz CT molecular complexity index is 539. The molecule has 0 spiro atoms. The van der Waals surface area contributed by atoms with E-state index in [1.165, 1.54) is 5.52 Å². The number of hydrogen-bond donors (Lipinski definition) is 1. The first kappa shape index (κ1) is 10.7. The fraction of sp³-hybridized carbons (Fsp3) is 0.462. The summed E-state index contributed by atoms with van der Waals surface area (Å²) in [6.07, 6.45) is 0. The molecule has 1 fully saturated rings. The second-order valence-electron chi connectivity index (χ2n) is 4.91. The Hall–Kier alpha value is -1.39. The third-order valence-electron chi connectivity index (χ3n) is 3.68. The van der Waals surface area contributed by atoms with Gasteiger partial charge in [0.2, 0.25) is 0 Å². The van der Waals surface area contributed by atoms with Gasteiger partial charge in [-0.2, -0.15) is 0 Å². The summed E-state index contributed by atoms with van der Waals surface area (Å²) in [5, 5.41) is 0. The predicted molar refractivity (Wildman–Crippen MR) is 68.7 cm³/mol. The van der Waals surface area contributed by atoms with Crippen molar-refractivity contribution in [1.29, 1.82) is 0 Å². The fourth-order valence-corrected chi connectivity index (χ4v) is 2.57. The van der Waals surface area contributed by atoms with Crippen molar-refractivity contribution in [2.75, 3.05) is 13.1 Å². The molecule has 0 aliphatic carbocycles. The summed E-state index contributed by atoms with van der Waals surface area (Å²) in [5.74, 6) is 1.12. The Balaban J connectivity index is 1.97. The highest BCUT2D eigenvalue weighted by Gasteiger charge is 2.30. The number of hydrogen-bond acceptors (Lipinski definition) is 3. The van der Waals surface area contributed by atoms with Gasteiger partial charge in [0.1, 0.15) is 5.82 Å². The van der Waals surface area contributed by atoms with Crippen LogP contribution in [-0.4, -0.2) is 33.6 Å². The third kappa shape index (κ3) is 1.64. The lowest BCUT2D eigenvalue weighted by Gasteiger charge is -2.40. The van der Waals surface area contributed by atoms with Gasteiger partial charge in [-0.05, 0) is 19.1 Å². The standard InChI is InChI=1S/C13H18N4/c1-9(17-7-10(14)8-17)13-15-11-5-3-4-6-12(11)16(13)2/h3-6,9-10H,7-8,14H2,1-2H3. The van der Waals surface area contributed by atoms with E-state index in [0.717, 1.165) is 24.4 Å². The SMILES string of the molecule is CC(c1nc2ccccc2n1C)N1CC(N)C1. The molecule has 0 saturated carbocycles. The molecule has 90 valence electrons. The highest BCUT2D eigenvalue weighted by atomic mass is 15.3. The molecule has 2 N–H and O–H groups in total. The van der Waals surface area contributed by atoms with Crippen molar-refractivity contribution in [3.05, 3.63) is 30.1 Å². The van der Waals surface area contributed by atoms with E-state index >= 15 is 0 Å². The molecule has 1 aliphatic rings. The highest BCUT2D eigenvalue weighted by Crippen LogP contribution is 2.26. The minimum absolute atomic E-state index is 0.340. The van der Waals surface area contributed by atoms with E-state index in [2.05, 4.69) is 41.6 Å². The molecule has 1 aliphatic heterocycles. The molecular formula is C13H18N4. The van der Waals surface area contributed by atoms with Crippen LogP contribution in [-0.2, 0) is 7.05 Å². The molecule has 17 heavy (non-hydrogen) atoms. The summed E-state index contributed by atoms with van der Waals surface area (Å²) in [6.45, 7) is 4.15. The van der Waals surface area contributed by atoms with E-state index in [-0.39, 0.29) is 0 Å². The van der Waals surface area contributed by atoms with Gasteiger partial charge in [0.25, 0.3) is 0 Å². The number of para-hydroxylation sites is 2. The lowest BCUT2D eigenvalue weighted by Crippen LogP contribution is -2.56. The largest absolute Gasteiger partial charge is 0.330 e. The lowest BCUT2D eigenvalue weighted by atomic mass is 10.1. The molecule has 1 saturated heterocycles. The molecule has 1 unspecified atom stereocenters. The fourth-order valence-electron chi connectivity index (χ4n) is 2.57. The monoisotopic (exact) mass is 230 g/mol. The summed E-state index contributed by atoms with van der Waals surface area (Å²) < 4.78 is 2.18. The van der Waals surface area contributed by atoms with Crippen molar-refractivity contribution in [3.63, 3.8) is 0 Å². The number of aromatic nitrogens is 2. The van der Waals surface area contributed by atoms with Crippen LogP contribution < -0.4 is 5.73 Å². The van der Waals surface area contributed by atoms with Crippen LogP contribution in [0.1, 0.15) is 18.8 Å². The van der Waals surface area contributed by atoms with E-state index in [1.54, 1.807) is 0 Å². The summed E-state index contributed by atoms with van der Waals surface area (Å²) in [4.78, 5) is 7.09. The van der Waals surface area contributed by atoms with Gasteiger partial charge in [0, 0.05) is 26.2 Å². The van der Waals surface area contributed by atoms with Crippen LogP contribution in [0.15, 0.2) is 24.3 Å². The van der Waals surface area contributed by atoms with Crippen molar-refractivity contribution < 1.29 is 0 Å². The van der Waals surface area contributed by atoms with Gasteiger partial charge in [-0.1, -0.05) is 12.1 Å². The van der Waals surface area contributed by atoms with E-state index < -0.39 is 0 Å². The topological polar surface area (TPSA) is 47.1 Å². The molecule has 0 bridgehead atoms. The number of fused-ring (bicyclic) bond motifs is 1. The highest BCUT2D eigenvalue weighted by molar-refractivity contribution is 5.75. The molecule has 2 aromatic rings. The van der Waals surface area contributed by atoms with Crippen molar-refractivity contribution in [2.45, 2.75) is 19.0 Å². The number of rotatable bonds is 2. The van der Waals surface area contributed by atoms with Gasteiger partial charge < -0.3 is 10.3 Å². The Morgan fingerprint density at radius 1 is 1.35 bits per heavy atom. The maximum Gasteiger partial charge on any atom is 0.126 e. The minimum Gasteiger partial charge on any atom is -0.330 e. The number of likely N-dealkylation sites (tertiary alicyclic amines) is 1. The van der Waals surface area contributed by atoms with Crippen LogP contribution in [0, 0.1) is 0 Å². The first-order chi connectivity index (χ1) is 8.16. The van der Waals surface area contributed by atoms with Crippen molar-refractivity contribution in [1.82, 2.24) is 14.5 Å². The number of nitrogens with zero attached hydrogens (tertiary/aromatic N) is 3. The Labute approximate surface area is 101 Å². The Kier molecular flexibility index (Phi) is 2.42. The quantitative estimate of drug-likeness (QED) is 0.845. The maximum atomic E-state index is 5.83. The first-order valence-electron chi connectivity index (χ1n) is 6.08. The number of benzene rings is 1. The van der Waals surface area contributed by atoms with E-state index in [1.807, 2.05) is 6.07 Å². The van der Waals surface area contributed by atoms with Gasteiger partial charge >= 0.3 is 0 Å². The van der Waals surface area contributed by atoms with Crippen LogP contribution >= 0.6 is 0 Å². The molecule has 4 heteroatoms. The molecule has 2 heterocycles. The van der Waals surface area contributed by atoms with Crippen LogP contribution in [0.2, 0.25) is 0 Å². The lowest BCUT2D eigenvalue weighted by molar-refractivity contribution is 0.0974. The summed E-state index contributed by atoms with van der Waals surface area (Å²) in [5.41, 5.74) is 8.09. The Morgan fingerprint density at radius 3 is 2.71 bits per heavy atom. The van der Waals surface area contributed by atoms with Crippen molar-refractivity contribution >= 4 is 11.0 Å². The maximum absolute atomic E-state index is 5.83.